The van der Waals surface area contributed by atoms with Gasteiger partial charge in [-0.3, -0.25) is 0 Å². The zero-order chi connectivity index (χ0) is 13.1. The largest absolute Gasteiger partial charge is 0.392 e. The Morgan fingerprint density at radius 2 is 2.22 bits per heavy atom. The molecule has 0 saturated carbocycles. The monoisotopic (exact) mass is 285 g/mol. The van der Waals surface area contributed by atoms with E-state index >= 15 is 0 Å². The van der Waals surface area contributed by atoms with Gasteiger partial charge in [0.25, 0.3) is 0 Å². The second kappa shape index (κ2) is 5.78. The summed E-state index contributed by atoms with van der Waals surface area (Å²) in [6.45, 7) is 1.90. The number of benzene rings is 1. The molecule has 0 saturated heterocycles. The fourth-order valence-corrected chi connectivity index (χ4v) is 2.82. The predicted molar refractivity (Wildman–Crippen MR) is 71.7 cm³/mol. The molecule has 0 bridgehead atoms. The van der Waals surface area contributed by atoms with Crippen LogP contribution in [0.5, 0.6) is 0 Å². The minimum atomic E-state index is -0.676. The molecule has 1 aromatic heterocycles. The summed E-state index contributed by atoms with van der Waals surface area (Å²) in [5, 5.41) is 13.1. The van der Waals surface area contributed by atoms with Crippen LogP contribution in [0.2, 0.25) is 5.02 Å². The molecule has 18 heavy (non-hydrogen) atoms. The van der Waals surface area contributed by atoms with Crippen molar-refractivity contribution in [3.63, 3.8) is 0 Å². The van der Waals surface area contributed by atoms with Crippen LogP contribution in [-0.2, 0) is 12.8 Å². The topological polar surface area (TPSA) is 33.1 Å². The zero-order valence-corrected chi connectivity index (χ0v) is 11.4. The Morgan fingerprint density at radius 3 is 2.83 bits per heavy atom. The molecular weight excluding hydrogens is 273 g/mol. The number of aryl methyl sites for hydroxylation is 1. The van der Waals surface area contributed by atoms with E-state index in [0.29, 0.717) is 17.0 Å². The van der Waals surface area contributed by atoms with Crippen LogP contribution < -0.4 is 0 Å². The Kier molecular flexibility index (Phi) is 4.32. The van der Waals surface area contributed by atoms with E-state index in [1.807, 2.05) is 12.3 Å². The average Bonchev–Trinajstić information content (AvgIpc) is 2.69. The quantitative estimate of drug-likeness (QED) is 0.934. The molecule has 96 valence electrons. The van der Waals surface area contributed by atoms with Crippen molar-refractivity contribution in [3.8, 4) is 0 Å². The lowest BCUT2D eigenvalue weighted by Gasteiger charge is -2.11. The maximum absolute atomic E-state index is 13.5. The molecule has 1 N–H and O–H groups in total. The molecule has 0 aliphatic rings. The number of thiazole rings is 1. The Bertz CT molecular complexity index is 523. The van der Waals surface area contributed by atoms with Crippen LogP contribution in [-0.4, -0.2) is 16.2 Å². The molecular formula is C13H13ClFNOS. The Labute approximate surface area is 114 Å². The summed E-state index contributed by atoms with van der Waals surface area (Å²) in [7, 11) is 0. The van der Waals surface area contributed by atoms with Crippen molar-refractivity contribution in [3.05, 3.63) is 50.7 Å². The molecule has 0 radical (unpaired) electrons. The number of hydrogen-bond acceptors (Lipinski definition) is 3. The number of rotatable bonds is 4. The van der Waals surface area contributed by atoms with Gasteiger partial charge in [-0.15, -0.1) is 11.3 Å². The molecule has 2 aromatic rings. The van der Waals surface area contributed by atoms with Gasteiger partial charge < -0.3 is 5.11 Å². The normalized spacial score (nSPS) is 12.7. The van der Waals surface area contributed by atoms with E-state index in [-0.39, 0.29) is 12.2 Å². The lowest BCUT2D eigenvalue weighted by atomic mass is 10.1. The highest BCUT2D eigenvalue weighted by Gasteiger charge is 2.14. The van der Waals surface area contributed by atoms with Gasteiger partial charge in [0.2, 0.25) is 0 Å². The van der Waals surface area contributed by atoms with Crippen molar-refractivity contribution in [1.82, 2.24) is 4.98 Å². The molecule has 0 amide bonds. The molecule has 2 rings (SSSR count). The summed E-state index contributed by atoms with van der Waals surface area (Å²) in [6.07, 6.45) is -0.0576. The molecule has 1 atom stereocenters. The van der Waals surface area contributed by atoms with E-state index in [4.69, 9.17) is 11.6 Å². The number of aliphatic hydroxyl groups excluding tert-OH is 1. The maximum atomic E-state index is 13.5. The van der Waals surface area contributed by atoms with Gasteiger partial charge in [-0.05, 0) is 19.1 Å². The van der Waals surface area contributed by atoms with E-state index in [1.54, 1.807) is 12.1 Å². The highest BCUT2D eigenvalue weighted by atomic mass is 35.5. The molecule has 2 nitrogen and oxygen atoms in total. The molecule has 1 aromatic carbocycles. The van der Waals surface area contributed by atoms with Gasteiger partial charge in [-0.25, -0.2) is 9.37 Å². The van der Waals surface area contributed by atoms with Crippen molar-refractivity contribution in [1.29, 1.82) is 0 Å². The van der Waals surface area contributed by atoms with Gasteiger partial charge in [0.05, 0.1) is 11.1 Å². The number of halogens is 2. The van der Waals surface area contributed by atoms with E-state index in [9.17, 15) is 9.50 Å². The zero-order valence-electron chi connectivity index (χ0n) is 9.86. The van der Waals surface area contributed by atoms with Crippen LogP contribution in [0.3, 0.4) is 0 Å². The van der Waals surface area contributed by atoms with Crippen molar-refractivity contribution >= 4 is 22.9 Å². The van der Waals surface area contributed by atoms with E-state index in [1.165, 1.54) is 17.4 Å². The molecule has 0 aliphatic heterocycles. The second-order valence-electron chi connectivity index (χ2n) is 4.14. The van der Waals surface area contributed by atoms with Crippen molar-refractivity contribution in [2.75, 3.05) is 0 Å². The maximum Gasteiger partial charge on any atom is 0.127 e. The van der Waals surface area contributed by atoms with E-state index in [2.05, 4.69) is 4.98 Å². The Hall–Kier alpha value is -0.970. The van der Waals surface area contributed by atoms with Gasteiger partial charge in [-0.1, -0.05) is 17.7 Å². The van der Waals surface area contributed by atoms with Crippen molar-refractivity contribution < 1.29 is 9.50 Å². The SMILES string of the molecule is Cc1csc(CC(O)Cc2c(F)cccc2Cl)n1. The first-order valence-corrected chi connectivity index (χ1v) is 6.84. The lowest BCUT2D eigenvalue weighted by Crippen LogP contribution is -2.15. The third-order valence-corrected chi connectivity index (χ3v) is 3.92. The standard InChI is InChI=1S/C13H13ClFNOS/c1-8-7-18-13(16-8)6-9(17)5-10-11(14)3-2-4-12(10)15/h2-4,7,9,17H,5-6H2,1H3. The Balaban J connectivity index is 2.05. The smallest absolute Gasteiger partial charge is 0.127 e. The summed E-state index contributed by atoms with van der Waals surface area (Å²) in [6, 6.07) is 4.53. The molecule has 1 unspecified atom stereocenters. The van der Waals surface area contributed by atoms with Crippen molar-refractivity contribution in [2.24, 2.45) is 0 Å². The summed E-state index contributed by atoms with van der Waals surface area (Å²) in [5.74, 6) is -0.378. The first-order chi connectivity index (χ1) is 8.56. The summed E-state index contributed by atoms with van der Waals surface area (Å²) in [5.41, 5.74) is 1.30. The van der Waals surface area contributed by atoms with Crippen LogP contribution >= 0.6 is 22.9 Å². The van der Waals surface area contributed by atoms with E-state index in [0.717, 1.165) is 10.7 Å². The molecule has 1 heterocycles. The summed E-state index contributed by atoms with van der Waals surface area (Å²) < 4.78 is 13.5. The predicted octanol–water partition coefficient (Wildman–Crippen LogP) is 3.39. The Morgan fingerprint density at radius 1 is 1.44 bits per heavy atom. The van der Waals surface area contributed by atoms with Crippen LogP contribution in [0, 0.1) is 12.7 Å². The average molecular weight is 286 g/mol. The first kappa shape index (κ1) is 13.5. The minimum absolute atomic E-state index is 0.199. The highest BCUT2D eigenvalue weighted by Crippen LogP contribution is 2.22. The van der Waals surface area contributed by atoms with Crippen molar-refractivity contribution in [2.45, 2.75) is 25.9 Å². The van der Waals surface area contributed by atoms with Gasteiger partial charge in [-0.2, -0.15) is 0 Å². The lowest BCUT2D eigenvalue weighted by molar-refractivity contribution is 0.174. The molecule has 0 fully saturated rings. The number of aliphatic hydroxyl groups is 1. The first-order valence-electron chi connectivity index (χ1n) is 5.58. The van der Waals surface area contributed by atoms with Crippen LogP contribution in [0.1, 0.15) is 16.3 Å². The van der Waals surface area contributed by atoms with Gasteiger partial charge in [0.15, 0.2) is 0 Å². The van der Waals surface area contributed by atoms with Gasteiger partial charge >= 0.3 is 0 Å². The van der Waals surface area contributed by atoms with Crippen LogP contribution in [0.4, 0.5) is 4.39 Å². The van der Waals surface area contributed by atoms with Crippen LogP contribution in [0.15, 0.2) is 23.6 Å². The summed E-state index contributed by atoms with van der Waals surface area (Å²) in [4.78, 5) is 4.27. The van der Waals surface area contributed by atoms with E-state index < -0.39 is 6.10 Å². The molecule has 0 spiro atoms. The minimum Gasteiger partial charge on any atom is -0.392 e. The molecule has 0 aliphatic carbocycles. The van der Waals surface area contributed by atoms with Gasteiger partial charge in [0.1, 0.15) is 5.82 Å². The fraction of sp³-hybridized carbons (Fsp3) is 0.308. The third kappa shape index (κ3) is 3.28. The third-order valence-electron chi connectivity index (χ3n) is 2.58. The highest BCUT2D eigenvalue weighted by molar-refractivity contribution is 7.09. The van der Waals surface area contributed by atoms with Crippen LogP contribution in [0.25, 0.3) is 0 Å². The fourth-order valence-electron chi connectivity index (χ4n) is 1.73. The molecule has 5 heteroatoms. The number of nitrogens with zero attached hydrogens (tertiary/aromatic N) is 1. The summed E-state index contributed by atoms with van der Waals surface area (Å²) >= 11 is 7.42. The van der Waals surface area contributed by atoms with Gasteiger partial charge in [0, 0.05) is 34.5 Å². The second-order valence-corrected chi connectivity index (χ2v) is 5.49. The number of aromatic nitrogens is 1. The number of hydrogen-bond donors (Lipinski definition) is 1.